The summed E-state index contributed by atoms with van der Waals surface area (Å²) in [7, 11) is 0. The van der Waals surface area contributed by atoms with E-state index in [1.165, 1.54) is 18.3 Å². The first-order valence-corrected chi connectivity index (χ1v) is 7.05. The van der Waals surface area contributed by atoms with Gasteiger partial charge in [-0.05, 0) is 37.3 Å². The molecule has 0 spiro atoms. The zero-order valence-electron chi connectivity index (χ0n) is 11.6. The Morgan fingerprint density at radius 1 is 1.18 bits per heavy atom. The highest BCUT2D eigenvalue weighted by atomic mass is 35.5. The van der Waals surface area contributed by atoms with Crippen LogP contribution in [0.15, 0.2) is 36.5 Å². The SMILES string of the molecule is Cc1ccc(C(=O)OCC(=O)Nc2cc(Cl)cc(Cl)c2)cn1. The van der Waals surface area contributed by atoms with Gasteiger partial charge in [-0.25, -0.2) is 4.79 Å². The lowest BCUT2D eigenvalue weighted by Gasteiger charge is -2.07. The fourth-order valence-electron chi connectivity index (χ4n) is 1.63. The number of nitrogens with zero attached hydrogens (tertiary/aromatic N) is 1. The summed E-state index contributed by atoms with van der Waals surface area (Å²) in [4.78, 5) is 27.5. The van der Waals surface area contributed by atoms with Gasteiger partial charge in [-0.1, -0.05) is 23.2 Å². The molecule has 0 atom stereocenters. The van der Waals surface area contributed by atoms with Crippen molar-refractivity contribution in [2.75, 3.05) is 11.9 Å². The van der Waals surface area contributed by atoms with E-state index in [2.05, 4.69) is 10.3 Å². The number of esters is 1. The summed E-state index contributed by atoms with van der Waals surface area (Å²) in [6, 6.07) is 7.89. The van der Waals surface area contributed by atoms with Gasteiger partial charge in [0.25, 0.3) is 5.91 Å². The van der Waals surface area contributed by atoms with Crippen molar-refractivity contribution in [3.05, 3.63) is 57.8 Å². The van der Waals surface area contributed by atoms with Gasteiger partial charge in [0.2, 0.25) is 0 Å². The number of hydrogen-bond acceptors (Lipinski definition) is 4. The molecule has 0 radical (unpaired) electrons. The molecule has 22 heavy (non-hydrogen) atoms. The summed E-state index contributed by atoms with van der Waals surface area (Å²) >= 11 is 11.7. The van der Waals surface area contributed by atoms with Gasteiger partial charge in [0, 0.05) is 27.6 Å². The Bertz CT molecular complexity index is 682. The van der Waals surface area contributed by atoms with Crippen LogP contribution < -0.4 is 5.32 Å². The predicted molar refractivity (Wildman–Crippen MR) is 84.3 cm³/mol. The van der Waals surface area contributed by atoms with Crippen molar-refractivity contribution in [1.29, 1.82) is 0 Å². The molecule has 114 valence electrons. The molecule has 2 aromatic rings. The molecule has 1 N–H and O–H groups in total. The average molecular weight is 339 g/mol. The maximum atomic E-state index is 11.7. The summed E-state index contributed by atoms with van der Waals surface area (Å²) < 4.78 is 4.91. The van der Waals surface area contributed by atoms with E-state index in [-0.39, 0.29) is 5.56 Å². The third-order valence-electron chi connectivity index (χ3n) is 2.63. The van der Waals surface area contributed by atoms with Gasteiger partial charge < -0.3 is 10.1 Å². The molecule has 1 amide bonds. The lowest BCUT2D eigenvalue weighted by molar-refractivity contribution is -0.119. The minimum absolute atomic E-state index is 0.282. The quantitative estimate of drug-likeness (QED) is 0.866. The van der Waals surface area contributed by atoms with E-state index in [1.807, 2.05) is 0 Å². The Labute approximate surface area is 137 Å². The number of aryl methyl sites for hydroxylation is 1. The maximum absolute atomic E-state index is 11.7. The van der Waals surface area contributed by atoms with Crippen LogP contribution in [0.2, 0.25) is 10.0 Å². The van der Waals surface area contributed by atoms with Gasteiger partial charge in [-0.3, -0.25) is 9.78 Å². The zero-order chi connectivity index (χ0) is 16.1. The molecule has 1 aromatic heterocycles. The van der Waals surface area contributed by atoms with Crippen LogP contribution in [0.3, 0.4) is 0 Å². The number of rotatable bonds is 4. The molecule has 1 aromatic carbocycles. The Balaban J connectivity index is 1.89. The van der Waals surface area contributed by atoms with E-state index in [0.717, 1.165) is 5.69 Å². The topological polar surface area (TPSA) is 68.3 Å². The molecule has 0 bridgehead atoms. The number of nitrogens with one attached hydrogen (secondary N) is 1. The van der Waals surface area contributed by atoms with Crippen LogP contribution in [-0.4, -0.2) is 23.5 Å². The second-order valence-electron chi connectivity index (χ2n) is 4.47. The van der Waals surface area contributed by atoms with Crippen molar-refractivity contribution in [2.24, 2.45) is 0 Å². The number of amides is 1. The van der Waals surface area contributed by atoms with Crippen molar-refractivity contribution >= 4 is 40.8 Å². The highest BCUT2D eigenvalue weighted by molar-refractivity contribution is 6.35. The third-order valence-corrected chi connectivity index (χ3v) is 3.06. The molecule has 0 aliphatic carbocycles. The van der Waals surface area contributed by atoms with Gasteiger partial charge in [-0.15, -0.1) is 0 Å². The Morgan fingerprint density at radius 2 is 1.86 bits per heavy atom. The smallest absolute Gasteiger partial charge is 0.340 e. The molecule has 5 nitrogen and oxygen atoms in total. The molecule has 1 heterocycles. The van der Waals surface area contributed by atoms with E-state index in [1.54, 1.807) is 25.1 Å². The number of aromatic nitrogens is 1. The summed E-state index contributed by atoms with van der Waals surface area (Å²) in [5.74, 6) is -1.11. The molecule has 0 saturated carbocycles. The molecular formula is C15H12Cl2N2O3. The van der Waals surface area contributed by atoms with E-state index in [4.69, 9.17) is 27.9 Å². The van der Waals surface area contributed by atoms with Crippen molar-refractivity contribution in [1.82, 2.24) is 4.98 Å². The number of ether oxygens (including phenoxy) is 1. The number of pyridine rings is 1. The van der Waals surface area contributed by atoms with Gasteiger partial charge in [-0.2, -0.15) is 0 Å². The fraction of sp³-hybridized carbons (Fsp3) is 0.133. The highest BCUT2D eigenvalue weighted by Gasteiger charge is 2.11. The van der Waals surface area contributed by atoms with Gasteiger partial charge >= 0.3 is 5.97 Å². The summed E-state index contributed by atoms with van der Waals surface area (Å²) in [6.07, 6.45) is 1.40. The van der Waals surface area contributed by atoms with Crippen LogP contribution >= 0.6 is 23.2 Å². The summed E-state index contributed by atoms with van der Waals surface area (Å²) in [5.41, 5.74) is 1.49. The maximum Gasteiger partial charge on any atom is 0.340 e. The largest absolute Gasteiger partial charge is 0.452 e. The molecular weight excluding hydrogens is 327 g/mol. The molecule has 0 aliphatic rings. The zero-order valence-corrected chi connectivity index (χ0v) is 13.1. The summed E-state index contributed by atoms with van der Waals surface area (Å²) in [5, 5.41) is 3.33. The lowest BCUT2D eigenvalue weighted by atomic mass is 10.2. The molecule has 0 saturated heterocycles. The van der Waals surface area contributed by atoms with E-state index in [9.17, 15) is 9.59 Å². The molecule has 0 aliphatic heterocycles. The van der Waals surface area contributed by atoms with Crippen LogP contribution in [0.5, 0.6) is 0 Å². The Kier molecular flexibility index (Phi) is 5.35. The number of carbonyl (C=O) groups excluding carboxylic acids is 2. The normalized spacial score (nSPS) is 10.1. The monoisotopic (exact) mass is 338 g/mol. The fourth-order valence-corrected chi connectivity index (χ4v) is 2.15. The molecule has 2 rings (SSSR count). The van der Waals surface area contributed by atoms with Crippen LogP contribution in [0.25, 0.3) is 0 Å². The Hall–Kier alpha value is -2.11. The summed E-state index contributed by atoms with van der Waals surface area (Å²) in [6.45, 7) is 1.38. The van der Waals surface area contributed by atoms with Gasteiger partial charge in [0.05, 0.1) is 5.56 Å². The standard InChI is InChI=1S/C15H12Cl2N2O3/c1-9-2-3-10(7-18-9)15(21)22-8-14(20)19-13-5-11(16)4-12(17)6-13/h2-7H,8H2,1H3,(H,19,20). The van der Waals surface area contributed by atoms with E-state index in [0.29, 0.717) is 15.7 Å². The second-order valence-corrected chi connectivity index (χ2v) is 5.34. The van der Waals surface area contributed by atoms with Crippen molar-refractivity contribution in [3.63, 3.8) is 0 Å². The lowest BCUT2D eigenvalue weighted by Crippen LogP contribution is -2.21. The first kappa shape index (κ1) is 16.3. The van der Waals surface area contributed by atoms with Crippen LogP contribution in [-0.2, 0) is 9.53 Å². The number of benzene rings is 1. The number of hydrogen-bond donors (Lipinski definition) is 1. The minimum atomic E-state index is -0.619. The Morgan fingerprint density at radius 3 is 2.45 bits per heavy atom. The van der Waals surface area contributed by atoms with E-state index < -0.39 is 18.5 Å². The molecule has 0 fully saturated rings. The average Bonchev–Trinajstić information content (AvgIpc) is 2.44. The first-order valence-electron chi connectivity index (χ1n) is 6.30. The van der Waals surface area contributed by atoms with Crippen LogP contribution in [0.4, 0.5) is 5.69 Å². The van der Waals surface area contributed by atoms with Gasteiger partial charge in [0.1, 0.15) is 0 Å². The van der Waals surface area contributed by atoms with Crippen molar-refractivity contribution in [3.8, 4) is 0 Å². The molecule has 7 heteroatoms. The molecule has 0 unspecified atom stereocenters. The minimum Gasteiger partial charge on any atom is -0.452 e. The second kappa shape index (κ2) is 7.24. The van der Waals surface area contributed by atoms with Crippen molar-refractivity contribution in [2.45, 2.75) is 6.92 Å². The number of anilines is 1. The highest BCUT2D eigenvalue weighted by Crippen LogP contribution is 2.22. The first-order chi connectivity index (χ1) is 10.4. The van der Waals surface area contributed by atoms with Crippen LogP contribution in [0, 0.1) is 6.92 Å². The van der Waals surface area contributed by atoms with Gasteiger partial charge in [0.15, 0.2) is 6.61 Å². The third kappa shape index (κ3) is 4.72. The van der Waals surface area contributed by atoms with Crippen molar-refractivity contribution < 1.29 is 14.3 Å². The predicted octanol–water partition coefficient (Wildman–Crippen LogP) is 3.49. The number of halogens is 2. The van der Waals surface area contributed by atoms with E-state index >= 15 is 0 Å². The van der Waals surface area contributed by atoms with Crippen LogP contribution in [0.1, 0.15) is 16.1 Å². The number of carbonyl (C=O) groups is 2.